The largest absolute Gasteiger partial charge is 0.478 e. The molecule has 4 nitrogen and oxygen atoms in total. The Morgan fingerprint density at radius 1 is 0.812 bits per heavy atom. The number of fused-ring (bicyclic) bond motifs is 1. The predicted octanol–water partition coefficient (Wildman–Crippen LogP) is 6.90. The number of carboxylic acid groups (broad SMARTS) is 1. The lowest BCUT2D eigenvalue weighted by Gasteiger charge is -2.13. The van der Waals surface area contributed by atoms with E-state index >= 15 is 0 Å². The minimum Gasteiger partial charge on any atom is -0.478 e. The first-order valence-electron chi connectivity index (χ1n) is 8.96. The monoisotopic (exact) mass is 451 g/mol. The van der Waals surface area contributed by atoms with Gasteiger partial charge in [-0.1, -0.05) is 18.2 Å². The van der Waals surface area contributed by atoms with Crippen molar-refractivity contribution in [3.05, 3.63) is 77.4 Å². The summed E-state index contributed by atoms with van der Waals surface area (Å²) in [5.41, 5.74) is -3.07. The number of pyridine rings is 1. The van der Waals surface area contributed by atoms with Crippen LogP contribution >= 0.6 is 0 Å². The summed E-state index contributed by atoms with van der Waals surface area (Å²) in [4.78, 5) is 15.9. The summed E-state index contributed by atoms with van der Waals surface area (Å²) < 4.78 is 84.2. The van der Waals surface area contributed by atoms with Gasteiger partial charge in [0.2, 0.25) is 0 Å². The third kappa shape index (κ3) is 4.03. The number of rotatable bonds is 3. The molecule has 0 amide bonds. The standard InChI is InChI=1S/C22H11F6NO3/c23-21(24,25)12-7-11(8-13(9-12)22(26,27)28)18-5-6-19(32-18)17-10-15(20(30)31)14-3-1-2-4-16(14)29-17/h1-10H,(H,30,31). The number of furan rings is 1. The van der Waals surface area contributed by atoms with Crippen LogP contribution in [0, 0.1) is 0 Å². The van der Waals surface area contributed by atoms with Crippen LogP contribution in [0.25, 0.3) is 33.7 Å². The summed E-state index contributed by atoms with van der Waals surface area (Å²) in [5, 5.41) is 9.84. The van der Waals surface area contributed by atoms with Crippen molar-refractivity contribution >= 4 is 16.9 Å². The minimum atomic E-state index is -5.00. The highest BCUT2D eigenvalue weighted by atomic mass is 19.4. The van der Waals surface area contributed by atoms with Crippen LogP contribution in [-0.2, 0) is 12.4 Å². The van der Waals surface area contributed by atoms with Gasteiger partial charge in [0, 0.05) is 10.9 Å². The molecule has 2 aromatic heterocycles. The number of nitrogens with zero attached hydrogens (tertiary/aromatic N) is 1. The SMILES string of the molecule is O=C(O)c1cc(-c2ccc(-c3cc(C(F)(F)F)cc(C(F)(F)F)c3)o2)nc2ccccc12. The van der Waals surface area contributed by atoms with Crippen LogP contribution in [0.2, 0.25) is 0 Å². The maximum absolute atomic E-state index is 13.1. The van der Waals surface area contributed by atoms with Gasteiger partial charge < -0.3 is 9.52 Å². The van der Waals surface area contributed by atoms with Crippen LogP contribution < -0.4 is 0 Å². The van der Waals surface area contributed by atoms with Crippen LogP contribution in [0.3, 0.4) is 0 Å². The summed E-state index contributed by atoms with van der Waals surface area (Å²) in [6.07, 6.45) is -10.00. The summed E-state index contributed by atoms with van der Waals surface area (Å²) in [6, 6.07) is 11.2. The molecule has 164 valence electrons. The quantitative estimate of drug-likeness (QED) is 0.344. The molecule has 4 rings (SSSR count). The number of para-hydroxylation sites is 1. The van der Waals surface area contributed by atoms with Crippen molar-refractivity contribution in [2.24, 2.45) is 0 Å². The second-order valence-electron chi connectivity index (χ2n) is 6.84. The van der Waals surface area contributed by atoms with Crippen LogP contribution in [0.4, 0.5) is 26.3 Å². The Bertz CT molecular complexity index is 1310. The number of carboxylic acids is 1. The van der Waals surface area contributed by atoms with E-state index in [9.17, 15) is 36.2 Å². The number of aromatic nitrogens is 1. The average molecular weight is 451 g/mol. The van der Waals surface area contributed by atoms with Crippen LogP contribution in [0.5, 0.6) is 0 Å². The van der Waals surface area contributed by atoms with Crippen LogP contribution in [0.15, 0.2) is 65.1 Å². The molecular weight excluding hydrogens is 440 g/mol. The summed E-state index contributed by atoms with van der Waals surface area (Å²) in [7, 11) is 0. The van der Waals surface area contributed by atoms with E-state index < -0.39 is 35.0 Å². The number of halogens is 6. The zero-order valence-corrected chi connectivity index (χ0v) is 15.8. The molecule has 0 fully saturated rings. The molecule has 10 heteroatoms. The lowest BCUT2D eigenvalue weighted by Crippen LogP contribution is -2.11. The van der Waals surface area contributed by atoms with Gasteiger partial charge >= 0.3 is 18.3 Å². The van der Waals surface area contributed by atoms with E-state index in [-0.39, 0.29) is 28.8 Å². The van der Waals surface area contributed by atoms with Crippen LogP contribution in [0.1, 0.15) is 21.5 Å². The molecule has 0 spiro atoms. The molecule has 2 aromatic carbocycles. The molecule has 2 heterocycles. The lowest BCUT2D eigenvalue weighted by atomic mass is 10.0. The zero-order valence-electron chi connectivity index (χ0n) is 15.8. The van der Waals surface area contributed by atoms with Gasteiger partial charge in [0.05, 0.1) is 22.2 Å². The highest BCUT2D eigenvalue weighted by Crippen LogP contribution is 2.39. The topological polar surface area (TPSA) is 63.3 Å². The molecule has 32 heavy (non-hydrogen) atoms. The number of hydrogen-bond acceptors (Lipinski definition) is 3. The summed E-state index contributed by atoms with van der Waals surface area (Å²) in [5.74, 6) is -1.51. The van der Waals surface area contributed by atoms with Gasteiger partial charge in [-0.05, 0) is 42.5 Å². The van der Waals surface area contributed by atoms with Crippen LogP contribution in [-0.4, -0.2) is 16.1 Å². The van der Waals surface area contributed by atoms with Crippen molar-refractivity contribution < 1.29 is 40.7 Å². The maximum Gasteiger partial charge on any atom is 0.416 e. The molecule has 0 bridgehead atoms. The number of aromatic carboxylic acids is 1. The Hall–Kier alpha value is -3.82. The Balaban J connectivity index is 1.84. The maximum atomic E-state index is 13.1. The predicted molar refractivity (Wildman–Crippen MR) is 102 cm³/mol. The van der Waals surface area contributed by atoms with Crippen molar-refractivity contribution in [2.75, 3.05) is 0 Å². The van der Waals surface area contributed by atoms with Crippen molar-refractivity contribution in [3.8, 4) is 22.8 Å². The molecule has 0 aliphatic heterocycles. The molecule has 0 unspecified atom stereocenters. The first kappa shape index (κ1) is 21.4. The van der Waals surface area contributed by atoms with Crippen molar-refractivity contribution in [1.82, 2.24) is 4.98 Å². The Kier molecular flexibility index (Phi) is 4.95. The minimum absolute atomic E-state index is 0.0146. The Labute approximate surface area is 175 Å². The van der Waals surface area contributed by atoms with Gasteiger partial charge in [0.15, 0.2) is 5.76 Å². The van der Waals surface area contributed by atoms with E-state index in [1.54, 1.807) is 24.3 Å². The first-order chi connectivity index (χ1) is 14.9. The van der Waals surface area contributed by atoms with Crippen molar-refractivity contribution in [2.45, 2.75) is 12.4 Å². The molecule has 0 aliphatic rings. The van der Waals surface area contributed by atoms with Gasteiger partial charge in [-0.15, -0.1) is 0 Å². The Morgan fingerprint density at radius 2 is 1.41 bits per heavy atom. The van der Waals surface area contributed by atoms with E-state index in [0.717, 1.165) is 0 Å². The van der Waals surface area contributed by atoms with E-state index in [4.69, 9.17) is 4.42 Å². The molecule has 4 aromatic rings. The smallest absolute Gasteiger partial charge is 0.416 e. The molecule has 1 N–H and O–H groups in total. The fourth-order valence-electron chi connectivity index (χ4n) is 3.21. The van der Waals surface area contributed by atoms with Gasteiger partial charge in [-0.3, -0.25) is 0 Å². The fraction of sp³-hybridized carbons (Fsp3) is 0.0909. The third-order valence-corrected chi connectivity index (χ3v) is 4.68. The van der Waals surface area contributed by atoms with Gasteiger partial charge in [0.25, 0.3) is 0 Å². The van der Waals surface area contributed by atoms with Crippen molar-refractivity contribution in [1.29, 1.82) is 0 Å². The highest BCUT2D eigenvalue weighted by molar-refractivity contribution is 6.03. The van der Waals surface area contributed by atoms with Gasteiger partial charge in [-0.2, -0.15) is 26.3 Å². The molecule has 0 radical (unpaired) electrons. The summed E-state index contributed by atoms with van der Waals surface area (Å²) in [6.45, 7) is 0. The number of benzene rings is 2. The number of hydrogen-bond donors (Lipinski definition) is 1. The molecule has 0 saturated heterocycles. The molecule has 0 atom stereocenters. The van der Waals surface area contributed by atoms with Crippen molar-refractivity contribution in [3.63, 3.8) is 0 Å². The lowest BCUT2D eigenvalue weighted by molar-refractivity contribution is -0.143. The van der Waals surface area contributed by atoms with Gasteiger partial charge in [0.1, 0.15) is 11.5 Å². The number of alkyl halides is 6. The summed E-state index contributed by atoms with van der Waals surface area (Å²) >= 11 is 0. The second-order valence-corrected chi connectivity index (χ2v) is 6.84. The van der Waals surface area contributed by atoms with E-state index in [0.29, 0.717) is 23.0 Å². The molecular formula is C22H11F6NO3. The Morgan fingerprint density at radius 3 is 2.00 bits per heavy atom. The number of carbonyl (C=O) groups is 1. The third-order valence-electron chi connectivity index (χ3n) is 4.68. The normalized spacial score (nSPS) is 12.3. The van der Waals surface area contributed by atoms with E-state index in [2.05, 4.69) is 4.98 Å². The van der Waals surface area contributed by atoms with Gasteiger partial charge in [-0.25, -0.2) is 9.78 Å². The fourth-order valence-corrected chi connectivity index (χ4v) is 3.21. The first-order valence-corrected chi connectivity index (χ1v) is 8.96. The van der Waals surface area contributed by atoms with E-state index in [1.807, 2.05) is 0 Å². The molecule has 0 saturated carbocycles. The average Bonchev–Trinajstić information content (AvgIpc) is 3.21. The molecule has 0 aliphatic carbocycles. The second kappa shape index (κ2) is 7.40. The van der Waals surface area contributed by atoms with E-state index in [1.165, 1.54) is 18.2 Å². The zero-order chi connectivity index (χ0) is 23.3. The highest BCUT2D eigenvalue weighted by Gasteiger charge is 2.37.